The number of hydrogen-bond donors (Lipinski definition) is 3. The van der Waals surface area contributed by atoms with Gasteiger partial charge in [0.05, 0.1) is 17.9 Å². The molecule has 5 nitrogen and oxygen atoms in total. The first-order valence-corrected chi connectivity index (χ1v) is 8.10. The van der Waals surface area contributed by atoms with Crippen molar-refractivity contribution in [3.63, 3.8) is 0 Å². The minimum atomic E-state index is 0.0354. The number of para-hydroxylation sites is 1. The smallest absolute Gasteiger partial charge is 0.145 e. The van der Waals surface area contributed by atoms with E-state index in [0.717, 1.165) is 22.5 Å². The summed E-state index contributed by atoms with van der Waals surface area (Å²) >= 11 is 0. The molecular formula is C19H18N4O. The lowest BCUT2D eigenvalue weighted by Crippen LogP contribution is -2.27. The number of aromatic hydroxyl groups is 1. The lowest BCUT2D eigenvalue weighted by atomic mass is 10.1. The number of fused-ring (bicyclic) bond motifs is 5. The van der Waals surface area contributed by atoms with Gasteiger partial charge in [-0.25, -0.2) is 10.9 Å². The molecule has 2 aromatic carbocycles. The zero-order chi connectivity index (χ0) is 16.3. The van der Waals surface area contributed by atoms with Crippen molar-refractivity contribution in [2.45, 2.75) is 12.6 Å². The van der Waals surface area contributed by atoms with E-state index in [1.165, 1.54) is 10.9 Å². The molecule has 1 unspecified atom stereocenters. The summed E-state index contributed by atoms with van der Waals surface area (Å²) in [5, 5.41) is 12.1. The van der Waals surface area contributed by atoms with Gasteiger partial charge in [0, 0.05) is 17.1 Å². The van der Waals surface area contributed by atoms with Crippen LogP contribution in [-0.2, 0) is 6.42 Å². The van der Waals surface area contributed by atoms with Gasteiger partial charge in [-0.2, -0.15) is 0 Å². The number of phenolic OH excluding ortho intramolecular Hbond substituents is 1. The minimum Gasteiger partial charge on any atom is -0.505 e. The number of rotatable bonds is 2. The van der Waals surface area contributed by atoms with E-state index in [4.69, 9.17) is 0 Å². The van der Waals surface area contributed by atoms with Crippen molar-refractivity contribution in [2.75, 3.05) is 11.6 Å². The highest BCUT2D eigenvalue weighted by Crippen LogP contribution is 2.44. The van der Waals surface area contributed by atoms with Gasteiger partial charge in [-0.15, -0.1) is 6.58 Å². The Morgan fingerprint density at radius 3 is 3.04 bits per heavy atom. The van der Waals surface area contributed by atoms with E-state index in [1.54, 1.807) is 0 Å². The van der Waals surface area contributed by atoms with Crippen LogP contribution in [0.3, 0.4) is 0 Å². The Balaban J connectivity index is 1.90. The van der Waals surface area contributed by atoms with Crippen molar-refractivity contribution in [3.8, 4) is 11.4 Å². The Labute approximate surface area is 139 Å². The molecule has 1 atom stereocenters. The van der Waals surface area contributed by atoms with E-state index in [9.17, 15) is 5.11 Å². The van der Waals surface area contributed by atoms with E-state index in [0.29, 0.717) is 18.8 Å². The van der Waals surface area contributed by atoms with Crippen LogP contribution < -0.4 is 15.8 Å². The van der Waals surface area contributed by atoms with Gasteiger partial charge in [0.15, 0.2) is 0 Å². The summed E-state index contributed by atoms with van der Waals surface area (Å²) in [6.45, 7) is 4.48. The molecule has 3 heterocycles. The molecule has 2 aliphatic rings. The molecule has 0 bridgehead atoms. The molecule has 120 valence electrons. The molecule has 1 fully saturated rings. The maximum atomic E-state index is 11.0. The van der Waals surface area contributed by atoms with Crippen LogP contribution in [0.25, 0.3) is 16.6 Å². The van der Waals surface area contributed by atoms with Gasteiger partial charge in [-0.1, -0.05) is 30.3 Å². The average Bonchev–Trinajstić information content (AvgIpc) is 3.21. The first-order valence-electron chi connectivity index (χ1n) is 8.10. The molecule has 0 saturated carbocycles. The van der Waals surface area contributed by atoms with Crippen molar-refractivity contribution in [1.29, 1.82) is 0 Å². The van der Waals surface area contributed by atoms with E-state index < -0.39 is 0 Å². The number of anilines is 1. The Hall–Kier alpha value is -2.76. The largest absolute Gasteiger partial charge is 0.505 e. The van der Waals surface area contributed by atoms with Gasteiger partial charge in [0.2, 0.25) is 0 Å². The third-order valence-electron chi connectivity index (χ3n) is 4.97. The number of aromatic nitrogens is 1. The molecular weight excluding hydrogens is 300 g/mol. The molecule has 5 heteroatoms. The number of nitrogens with zero attached hydrogens (tertiary/aromatic N) is 2. The quantitative estimate of drug-likeness (QED) is 0.636. The molecule has 0 aliphatic carbocycles. The van der Waals surface area contributed by atoms with Crippen LogP contribution in [0.2, 0.25) is 0 Å². The highest BCUT2D eigenvalue weighted by molar-refractivity contribution is 5.90. The fourth-order valence-electron chi connectivity index (χ4n) is 3.90. The second-order valence-corrected chi connectivity index (χ2v) is 6.26. The van der Waals surface area contributed by atoms with Gasteiger partial charge in [0.25, 0.3) is 0 Å². The number of hydrazine groups is 1. The molecule has 0 amide bonds. The normalized spacial score (nSPS) is 18.3. The minimum absolute atomic E-state index is 0.0354. The summed E-state index contributed by atoms with van der Waals surface area (Å²) in [4.78, 5) is 2.24. The second-order valence-electron chi connectivity index (χ2n) is 6.26. The van der Waals surface area contributed by atoms with Crippen molar-refractivity contribution in [2.24, 2.45) is 0 Å². The highest BCUT2D eigenvalue weighted by atomic mass is 16.3. The molecule has 5 rings (SSSR count). The van der Waals surface area contributed by atoms with Gasteiger partial charge >= 0.3 is 0 Å². The summed E-state index contributed by atoms with van der Waals surface area (Å²) < 4.78 is 2.11. The number of hydrogen-bond acceptors (Lipinski definition) is 4. The summed E-state index contributed by atoms with van der Waals surface area (Å²) in [6.07, 6.45) is 4.54. The third kappa shape index (κ3) is 1.65. The Morgan fingerprint density at radius 2 is 2.17 bits per heavy atom. The van der Waals surface area contributed by atoms with E-state index in [1.807, 2.05) is 18.3 Å². The Bertz CT molecular complexity index is 975. The SMILES string of the molecule is C=CCc1ccc2c(c1O)-n1ccc3cccc(c31)C1NNCN21. The Morgan fingerprint density at radius 1 is 1.25 bits per heavy atom. The van der Waals surface area contributed by atoms with Crippen molar-refractivity contribution in [3.05, 3.63) is 66.4 Å². The zero-order valence-electron chi connectivity index (χ0n) is 13.2. The molecule has 1 aromatic heterocycles. The molecule has 3 aromatic rings. The molecule has 1 saturated heterocycles. The number of nitrogens with one attached hydrogen (secondary N) is 2. The molecule has 0 radical (unpaired) electrons. The predicted octanol–water partition coefficient (Wildman–Crippen LogP) is 2.95. The predicted molar refractivity (Wildman–Crippen MR) is 95.2 cm³/mol. The fourth-order valence-corrected chi connectivity index (χ4v) is 3.90. The molecule has 3 N–H and O–H groups in total. The van der Waals surface area contributed by atoms with E-state index in [2.05, 4.69) is 57.2 Å². The maximum Gasteiger partial charge on any atom is 0.145 e. The van der Waals surface area contributed by atoms with Crippen LogP contribution >= 0.6 is 0 Å². The maximum absolute atomic E-state index is 11.0. The average molecular weight is 318 g/mol. The van der Waals surface area contributed by atoms with Crippen LogP contribution in [0.1, 0.15) is 17.3 Å². The third-order valence-corrected chi connectivity index (χ3v) is 4.97. The van der Waals surface area contributed by atoms with Crippen LogP contribution in [0, 0.1) is 0 Å². The second kappa shape index (κ2) is 4.87. The summed E-state index contributed by atoms with van der Waals surface area (Å²) in [5.74, 6) is 0.326. The molecule has 2 aliphatic heterocycles. The number of phenols is 1. The van der Waals surface area contributed by atoms with Crippen LogP contribution in [-0.4, -0.2) is 16.3 Å². The summed E-state index contributed by atoms with van der Waals surface area (Å²) in [5.41, 5.74) is 11.7. The first-order chi connectivity index (χ1) is 11.8. The van der Waals surface area contributed by atoms with Gasteiger partial charge in [0.1, 0.15) is 17.6 Å². The number of allylic oxidation sites excluding steroid dienone is 1. The van der Waals surface area contributed by atoms with Crippen LogP contribution in [0.5, 0.6) is 5.75 Å². The number of benzene rings is 2. The fraction of sp³-hybridized carbons (Fsp3) is 0.158. The summed E-state index contributed by atoms with van der Waals surface area (Å²) in [6, 6.07) is 12.5. The highest BCUT2D eigenvalue weighted by Gasteiger charge is 2.34. The van der Waals surface area contributed by atoms with Gasteiger partial charge in [-0.3, -0.25) is 0 Å². The standard InChI is InChI=1S/C19H18N4O/c1-2-4-13-7-8-15-17(18(13)24)22-10-9-12-5-3-6-14(16(12)22)19-21-20-11-23(15)19/h2-3,5-10,19-21,24H,1,4,11H2. The Kier molecular flexibility index (Phi) is 2.77. The van der Waals surface area contributed by atoms with Crippen molar-refractivity contribution in [1.82, 2.24) is 15.4 Å². The van der Waals surface area contributed by atoms with Crippen LogP contribution in [0.4, 0.5) is 5.69 Å². The van der Waals surface area contributed by atoms with E-state index in [-0.39, 0.29) is 6.17 Å². The van der Waals surface area contributed by atoms with E-state index >= 15 is 0 Å². The van der Waals surface area contributed by atoms with Crippen LogP contribution in [0.15, 0.2) is 55.3 Å². The zero-order valence-corrected chi connectivity index (χ0v) is 13.2. The lowest BCUT2D eigenvalue weighted by molar-refractivity contribution is 0.467. The van der Waals surface area contributed by atoms with Crippen molar-refractivity contribution >= 4 is 16.6 Å². The molecule has 24 heavy (non-hydrogen) atoms. The van der Waals surface area contributed by atoms with Crippen molar-refractivity contribution < 1.29 is 5.11 Å². The topological polar surface area (TPSA) is 52.5 Å². The van der Waals surface area contributed by atoms with Gasteiger partial charge < -0.3 is 14.6 Å². The van der Waals surface area contributed by atoms with Gasteiger partial charge in [-0.05, 0) is 24.1 Å². The molecule has 0 spiro atoms. The monoisotopic (exact) mass is 318 g/mol. The lowest BCUT2D eigenvalue weighted by Gasteiger charge is -2.25. The first kappa shape index (κ1) is 13.7. The summed E-state index contributed by atoms with van der Waals surface area (Å²) in [7, 11) is 0.